The zero-order valence-electron chi connectivity index (χ0n) is 7.74. The first kappa shape index (κ1) is 11.3. The third-order valence-corrected chi connectivity index (χ3v) is 1.84. The first-order valence-corrected chi connectivity index (χ1v) is 4.17. The van der Waals surface area contributed by atoms with Crippen LogP contribution in [0.5, 0.6) is 5.75 Å². The summed E-state index contributed by atoms with van der Waals surface area (Å²) in [6.07, 6.45) is -2.97. The van der Waals surface area contributed by atoms with Crippen LogP contribution < -0.4 is 5.73 Å². The second-order valence-electron chi connectivity index (χ2n) is 2.85. The number of alkyl halides is 2. The molecule has 0 saturated heterocycles. The molecule has 0 aliphatic carbocycles. The number of hydrogen-bond acceptors (Lipinski definition) is 4. The van der Waals surface area contributed by atoms with Crippen molar-refractivity contribution in [3.63, 3.8) is 0 Å². The van der Waals surface area contributed by atoms with Gasteiger partial charge >= 0.3 is 0 Å². The quantitative estimate of drug-likeness (QED) is 0.791. The van der Waals surface area contributed by atoms with Crippen molar-refractivity contribution in [2.75, 3.05) is 0 Å². The van der Waals surface area contributed by atoms with Gasteiger partial charge in [-0.15, -0.1) is 0 Å². The highest BCUT2D eigenvalue weighted by Crippen LogP contribution is 2.29. The van der Waals surface area contributed by atoms with E-state index in [2.05, 4.69) is 4.98 Å². The topological polar surface area (TPSA) is 82.9 Å². The van der Waals surface area contributed by atoms with Gasteiger partial charge in [-0.1, -0.05) is 0 Å². The second-order valence-corrected chi connectivity index (χ2v) is 2.85. The molecule has 0 spiro atoms. The van der Waals surface area contributed by atoms with E-state index < -0.39 is 17.9 Å². The Hall–Kier alpha value is -1.74. The van der Waals surface area contributed by atoms with E-state index in [1.807, 2.05) is 0 Å². The first-order chi connectivity index (χ1) is 7.10. The van der Waals surface area contributed by atoms with E-state index in [4.69, 9.17) is 11.0 Å². The van der Waals surface area contributed by atoms with Gasteiger partial charge in [-0.2, -0.15) is 5.26 Å². The number of aromatic nitrogens is 1. The van der Waals surface area contributed by atoms with Gasteiger partial charge in [0, 0.05) is 12.1 Å². The average Bonchev–Trinajstić information content (AvgIpc) is 2.20. The van der Waals surface area contributed by atoms with Crippen molar-refractivity contribution in [3.8, 4) is 11.8 Å². The zero-order chi connectivity index (χ0) is 11.4. The minimum absolute atomic E-state index is 0.0769. The van der Waals surface area contributed by atoms with Gasteiger partial charge < -0.3 is 10.8 Å². The molecule has 0 fully saturated rings. The molecular weight excluding hydrogens is 204 g/mol. The molecule has 0 atom stereocenters. The molecule has 0 aliphatic rings. The summed E-state index contributed by atoms with van der Waals surface area (Å²) in [5.74, 6) is -0.589. The fourth-order valence-electron chi connectivity index (χ4n) is 1.15. The highest BCUT2D eigenvalue weighted by atomic mass is 19.3. The van der Waals surface area contributed by atoms with Crippen LogP contribution in [-0.2, 0) is 13.0 Å². The van der Waals surface area contributed by atoms with Crippen LogP contribution in [0.2, 0.25) is 0 Å². The summed E-state index contributed by atoms with van der Waals surface area (Å²) in [6, 6.07) is 3.14. The van der Waals surface area contributed by atoms with Crippen LogP contribution in [0, 0.1) is 11.3 Å². The largest absolute Gasteiger partial charge is 0.505 e. The minimum Gasteiger partial charge on any atom is -0.505 e. The molecule has 0 radical (unpaired) electrons. The summed E-state index contributed by atoms with van der Waals surface area (Å²) < 4.78 is 24.8. The Morgan fingerprint density at radius 3 is 2.73 bits per heavy atom. The number of halogens is 2. The van der Waals surface area contributed by atoms with Crippen LogP contribution in [0.25, 0.3) is 0 Å². The lowest BCUT2D eigenvalue weighted by molar-refractivity contribution is 0.141. The van der Waals surface area contributed by atoms with Crippen molar-refractivity contribution in [3.05, 3.63) is 23.0 Å². The molecule has 15 heavy (non-hydrogen) atoms. The van der Waals surface area contributed by atoms with Crippen molar-refractivity contribution in [2.45, 2.75) is 19.4 Å². The summed E-state index contributed by atoms with van der Waals surface area (Å²) in [5, 5.41) is 17.8. The third-order valence-electron chi connectivity index (χ3n) is 1.84. The molecule has 1 aromatic rings. The summed E-state index contributed by atoms with van der Waals surface area (Å²) in [5.41, 5.74) is 4.91. The Morgan fingerprint density at radius 2 is 2.27 bits per heavy atom. The maximum absolute atomic E-state index is 12.4. The maximum Gasteiger partial charge on any atom is 0.284 e. The summed E-state index contributed by atoms with van der Waals surface area (Å²) in [7, 11) is 0. The summed E-state index contributed by atoms with van der Waals surface area (Å²) in [6.45, 7) is -0.0769. The fraction of sp³-hybridized carbons (Fsp3) is 0.333. The molecule has 1 aromatic heterocycles. The van der Waals surface area contributed by atoms with Gasteiger partial charge in [0.05, 0.1) is 18.2 Å². The molecule has 3 N–H and O–H groups in total. The van der Waals surface area contributed by atoms with Gasteiger partial charge in [0.15, 0.2) is 0 Å². The van der Waals surface area contributed by atoms with Gasteiger partial charge in [0.1, 0.15) is 11.4 Å². The normalized spacial score (nSPS) is 10.3. The number of nitrogens with two attached hydrogens (primary N) is 1. The molecule has 0 bridgehead atoms. The van der Waals surface area contributed by atoms with Gasteiger partial charge in [0.25, 0.3) is 6.43 Å². The third kappa shape index (κ3) is 2.39. The van der Waals surface area contributed by atoms with Crippen molar-refractivity contribution < 1.29 is 13.9 Å². The molecule has 6 heteroatoms. The molecule has 80 valence electrons. The van der Waals surface area contributed by atoms with Crippen LogP contribution in [0.15, 0.2) is 6.07 Å². The number of nitrogens with zero attached hydrogens (tertiary/aromatic N) is 2. The van der Waals surface area contributed by atoms with Crippen LogP contribution in [0.1, 0.15) is 23.4 Å². The summed E-state index contributed by atoms with van der Waals surface area (Å²) >= 11 is 0. The Bertz CT molecular complexity index is 401. The van der Waals surface area contributed by atoms with Gasteiger partial charge in [0.2, 0.25) is 0 Å². The van der Waals surface area contributed by atoms with E-state index >= 15 is 0 Å². The van der Waals surface area contributed by atoms with Crippen molar-refractivity contribution in [1.29, 1.82) is 5.26 Å². The molecule has 0 aliphatic heterocycles. The van der Waals surface area contributed by atoms with Crippen molar-refractivity contribution >= 4 is 0 Å². The van der Waals surface area contributed by atoms with Crippen LogP contribution >= 0.6 is 0 Å². The Balaban J connectivity index is 3.26. The molecule has 1 rings (SSSR count). The predicted molar refractivity (Wildman–Crippen MR) is 48.1 cm³/mol. The van der Waals surface area contributed by atoms with E-state index in [-0.39, 0.29) is 24.2 Å². The number of nitriles is 1. The number of rotatable bonds is 3. The Labute approximate surface area is 85.0 Å². The van der Waals surface area contributed by atoms with E-state index in [0.717, 1.165) is 0 Å². The van der Waals surface area contributed by atoms with Crippen LogP contribution in [0.3, 0.4) is 0 Å². The van der Waals surface area contributed by atoms with Crippen molar-refractivity contribution in [2.24, 2.45) is 5.73 Å². The number of aromatic hydroxyl groups is 1. The molecule has 1 heterocycles. The van der Waals surface area contributed by atoms with Gasteiger partial charge in [-0.05, 0) is 6.07 Å². The minimum atomic E-state index is -2.88. The molecule has 0 amide bonds. The van der Waals surface area contributed by atoms with E-state index in [1.54, 1.807) is 6.07 Å². The standard InChI is InChI=1S/C9H9F2N3O/c10-9(11)7-8(15)5(4-13)3-6(14-7)1-2-12/h3,9,15H,1,4,13H2. The Morgan fingerprint density at radius 1 is 1.60 bits per heavy atom. The second kappa shape index (κ2) is 4.66. The fourth-order valence-corrected chi connectivity index (χ4v) is 1.15. The average molecular weight is 213 g/mol. The van der Waals surface area contributed by atoms with E-state index in [0.29, 0.717) is 0 Å². The zero-order valence-corrected chi connectivity index (χ0v) is 7.74. The monoisotopic (exact) mass is 213 g/mol. The lowest BCUT2D eigenvalue weighted by atomic mass is 10.1. The number of hydrogen-bond donors (Lipinski definition) is 2. The molecule has 0 unspecified atom stereocenters. The van der Waals surface area contributed by atoms with Crippen LogP contribution in [0.4, 0.5) is 8.78 Å². The molecule has 0 aromatic carbocycles. The highest BCUT2D eigenvalue weighted by Gasteiger charge is 2.18. The first-order valence-electron chi connectivity index (χ1n) is 4.17. The highest BCUT2D eigenvalue weighted by molar-refractivity contribution is 5.39. The molecule has 0 saturated carbocycles. The van der Waals surface area contributed by atoms with Gasteiger partial charge in [-0.3, -0.25) is 0 Å². The van der Waals surface area contributed by atoms with Crippen LogP contribution in [-0.4, -0.2) is 10.1 Å². The predicted octanol–water partition coefficient (Wildman–Crippen LogP) is 1.25. The lowest BCUT2D eigenvalue weighted by Crippen LogP contribution is -2.04. The molecular formula is C9H9F2N3O. The Kier molecular flexibility index (Phi) is 3.52. The van der Waals surface area contributed by atoms with Crippen molar-refractivity contribution in [1.82, 2.24) is 4.98 Å². The van der Waals surface area contributed by atoms with Gasteiger partial charge in [-0.25, -0.2) is 13.8 Å². The maximum atomic E-state index is 12.4. The van der Waals surface area contributed by atoms with E-state index in [9.17, 15) is 13.9 Å². The smallest absolute Gasteiger partial charge is 0.284 e. The molecule has 4 nitrogen and oxygen atoms in total. The lowest BCUT2D eigenvalue weighted by Gasteiger charge is -2.08. The SMILES string of the molecule is N#CCc1cc(CN)c(O)c(C(F)F)n1. The summed E-state index contributed by atoms with van der Waals surface area (Å²) in [4.78, 5) is 3.49. The van der Waals surface area contributed by atoms with E-state index in [1.165, 1.54) is 6.07 Å². The number of pyridine rings is 1.